The highest BCUT2D eigenvalue weighted by atomic mass is 35.5. The summed E-state index contributed by atoms with van der Waals surface area (Å²) < 4.78 is 5.77. The third kappa shape index (κ3) is 9.29. The second-order valence-electron chi connectivity index (χ2n) is 7.74. The lowest BCUT2D eigenvalue weighted by atomic mass is 10.1. The SMILES string of the molecule is N=C(N)N(CCCC(N)C(=O)O)C(=O)CC(=O)C(NCc1ccc(Cl)c(Cl)c1)Oc1ccc(Cl)cc1. The molecular weight excluding hydrogens is 533 g/mol. The Kier molecular flexibility index (Phi) is 11.4. The lowest BCUT2D eigenvalue weighted by Crippen LogP contribution is -2.47. The molecule has 36 heavy (non-hydrogen) atoms. The number of carbonyl (C=O) groups is 3. The summed E-state index contributed by atoms with van der Waals surface area (Å²) in [7, 11) is 0. The number of aliphatic carboxylic acids is 1. The van der Waals surface area contributed by atoms with Crippen molar-refractivity contribution in [3.8, 4) is 5.75 Å². The average molecular weight is 559 g/mol. The summed E-state index contributed by atoms with van der Waals surface area (Å²) in [5, 5.41) is 20.7. The van der Waals surface area contributed by atoms with Gasteiger partial charge in [-0.05, 0) is 54.8 Å². The number of hydrogen-bond donors (Lipinski definition) is 5. The van der Waals surface area contributed by atoms with Gasteiger partial charge in [0.1, 0.15) is 11.8 Å². The van der Waals surface area contributed by atoms with E-state index in [2.05, 4.69) is 5.32 Å². The summed E-state index contributed by atoms with van der Waals surface area (Å²) in [6, 6.07) is 10.2. The van der Waals surface area contributed by atoms with Gasteiger partial charge in [0.15, 0.2) is 11.7 Å². The summed E-state index contributed by atoms with van der Waals surface area (Å²) in [4.78, 5) is 37.6. The number of carboxylic acid groups (broad SMARTS) is 1. The maximum absolute atomic E-state index is 13.0. The number of halogens is 3. The summed E-state index contributed by atoms with van der Waals surface area (Å²) in [6.07, 6.45) is -1.63. The number of Topliss-reactive ketones (excluding diaryl/α,β-unsaturated/α-hetero) is 1. The number of benzene rings is 2. The first-order valence-electron chi connectivity index (χ1n) is 10.7. The third-order valence-corrected chi connectivity index (χ3v) is 5.96. The van der Waals surface area contributed by atoms with E-state index in [4.69, 9.17) is 61.5 Å². The molecule has 194 valence electrons. The standard InChI is InChI=1S/C23H26Cl3N5O5/c24-14-4-6-15(7-5-14)36-21(30-12-13-3-8-16(25)17(26)10-13)19(32)11-20(33)31(23(28)29)9-1-2-18(27)22(34)35/h3-8,10,18,21,30H,1-2,9,11-12,27H2,(H3,28,29)(H,34,35). The number of carboxylic acids is 1. The second-order valence-corrected chi connectivity index (χ2v) is 8.99. The van der Waals surface area contributed by atoms with Crippen LogP contribution in [0.4, 0.5) is 0 Å². The van der Waals surface area contributed by atoms with Crippen molar-refractivity contribution in [1.82, 2.24) is 10.2 Å². The Balaban J connectivity index is 2.11. The summed E-state index contributed by atoms with van der Waals surface area (Å²) >= 11 is 17.9. The molecule has 0 fully saturated rings. The van der Waals surface area contributed by atoms with Crippen molar-refractivity contribution in [3.63, 3.8) is 0 Å². The van der Waals surface area contributed by atoms with Gasteiger partial charge in [-0.1, -0.05) is 40.9 Å². The number of ether oxygens (including phenoxy) is 1. The number of amides is 1. The van der Waals surface area contributed by atoms with Crippen LogP contribution in [0.15, 0.2) is 42.5 Å². The Morgan fingerprint density at radius 1 is 1.08 bits per heavy atom. The van der Waals surface area contributed by atoms with Gasteiger partial charge in [0.2, 0.25) is 12.1 Å². The van der Waals surface area contributed by atoms with Crippen molar-refractivity contribution in [3.05, 3.63) is 63.1 Å². The van der Waals surface area contributed by atoms with Gasteiger partial charge in [0.05, 0.1) is 16.5 Å². The number of hydrogen-bond acceptors (Lipinski definition) is 7. The highest BCUT2D eigenvalue weighted by Crippen LogP contribution is 2.23. The summed E-state index contributed by atoms with van der Waals surface area (Å²) in [6.45, 7) is 0.0976. The number of nitrogens with zero attached hydrogens (tertiary/aromatic N) is 1. The van der Waals surface area contributed by atoms with E-state index in [-0.39, 0.29) is 25.9 Å². The molecule has 0 aliphatic carbocycles. The van der Waals surface area contributed by atoms with Gasteiger partial charge >= 0.3 is 5.97 Å². The maximum atomic E-state index is 13.0. The van der Waals surface area contributed by atoms with Crippen LogP contribution in [0, 0.1) is 5.41 Å². The normalized spacial score (nSPS) is 12.4. The van der Waals surface area contributed by atoms with Crippen molar-refractivity contribution < 1.29 is 24.2 Å². The Morgan fingerprint density at radius 3 is 2.33 bits per heavy atom. The largest absolute Gasteiger partial charge is 0.480 e. The minimum absolute atomic E-state index is 0.0633. The zero-order valence-electron chi connectivity index (χ0n) is 19.0. The van der Waals surface area contributed by atoms with E-state index in [1.807, 2.05) is 0 Å². The molecule has 0 spiro atoms. The second kappa shape index (κ2) is 14.0. The highest BCUT2D eigenvalue weighted by Gasteiger charge is 2.27. The van der Waals surface area contributed by atoms with Gasteiger partial charge in [-0.2, -0.15) is 0 Å². The Bertz CT molecular complexity index is 1100. The van der Waals surface area contributed by atoms with Gasteiger partial charge in [0, 0.05) is 18.1 Å². The van der Waals surface area contributed by atoms with Crippen LogP contribution in [0.3, 0.4) is 0 Å². The Morgan fingerprint density at radius 2 is 1.75 bits per heavy atom. The zero-order valence-corrected chi connectivity index (χ0v) is 21.3. The molecule has 2 aromatic carbocycles. The van der Waals surface area contributed by atoms with Crippen LogP contribution >= 0.6 is 34.8 Å². The van der Waals surface area contributed by atoms with Crippen molar-refractivity contribution in [1.29, 1.82) is 5.41 Å². The lowest BCUT2D eigenvalue weighted by molar-refractivity contribution is -0.138. The van der Waals surface area contributed by atoms with E-state index >= 15 is 0 Å². The molecule has 0 bridgehead atoms. The van der Waals surface area contributed by atoms with E-state index in [0.29, 0.717) is 26.4 Å². The van der Waals surface area contributed by atoms with Crippen molar-refractivity contribution in [2.24, 2.45) is 11.5 Å². The third-order valence-electron chi connectivity index (χ3n) is 4.97. The van der Waals surface area contributed by atoms with E-state index in [0.717, 1.165) is 4.90 Å². The van der Waals surface area contributed by atoms with Crippen molar-refractivity contribution >= 4 is 58.4 Å². The quantitative estimate of drug-likeness (QED) is 0.108. The molecule has 2 rings (SSSR count). The molecule has 0 radical (unpaired) electrons. The van der Waals surface area contributed by atoms with Gasteiger partial charge in [-0.15, -0.1) is 0 Å². The topological polar surface area (TPSA) is 172 Å². The number of rotatable bonds is 13. The molecule has 0 aliphatic heterocycles. The Hall–Kier alpha value is -2.89. The molecule has 2 aromatic rings. The summed E-state index contributed by atoms with van der Waals surface area (Å²) in [5.74, 6) is -2.78. The van der Waals surface area contributed by atoms with Crippen LogP contribution in [0.5, 0.6) is 5.75 Å². The molecule has 0 heterocycles. The fourth-order valence-corrected chi connectivity index (χ4v) is 3.49. The minimum Gasteiger partial charge on any atom is -0.480 e. The van der Waals surface area contributed by atoms with Crippen LogP contribution in [-0.4, -0.2) is 52.4 Å². The van der Waals surface area contributed by atoms with E-state index < -0.39 is 42.3 Å². The van der Waals surface area contributed by atoms with Crippen LogP contribution in [0.25, 0.3) is 0 Å². The maximum Gasteiger partial charge on any atom is 0.320 e. The van der Waals surface area contributed by atoms with E-state index in [1.165, 1.54) is 0 Å². The van der Waals surface area contributed by atoms with Gasteiger partial charge in [-0.3, -0.25) is 30.0 Å². The number of carbonyl (C=O) groups excluding carboxylic acids is 2. The highest BCUT2D eigenvalue weighted by molar-refractivity contribution is 6.42. The molecule has 0 saturated carbocycles. The number of nitrogens with one attached hydrogen (secondary N) is 2. The molecule has 0 saturated heterocycles. The molecule has 13 heteroatoms. The number of ketones is 1. The Labute approximate surface area is 222 Å². The predicted molar refractivity (Wildman–Crippen MR) is 137 cm³/mol. The zero-order chi connectivity index (χ0) is 26.8. The van der Waals surface area contributed by atoms with Gasteiger partial charge in [0.25, 0.3) is 0 Å². The molecular formula is C23H26Cl3N5O5. The van der Waals surface area contributed by atoms with Crippen molar-refractivity contribution in [2.45, 2.75) is 38.1 Å². The fourth-order valence-electron chi connectivity index (χ4n) is 3.04. The van der Waals surface area contributed by atoms with Crippen LogP contribution in [0.2, 0.25) is 15.1 Å². The monoisotopic (exact) mass is 557 g/mol. The first-order chi connectivity index (χ1) is 17.0. The molecule has 0 aliphatic rings. The summed E-state index contributed by atoms with van der Waals surface area (Å²) in [5.41, 5.74) is 11.7. The molecule has 2 atom stereocenters. The van der Waals surface area contributed by atoms with E-state index in [1.54, 1.807) is 42.5 Å². The van der Waals surface area contributed by atoms with Crippen LogP contribution in [-0.2, 0) is 20.9 Å². The van der Waals surface area contributed by atoms with Gasteiger partial charge < -0.3 is 21.3 Å². The lowest BCUT2D eigenvalue weighted by Gasteiger charge is -2.23. The van der Waals surface area contributed by atoms with Crippen LogP contribution < -0.4 is 21.5 Å². The predicted octanol–water partition coefficient (Wildman–Crippen LogP) is 3.01. The van der Waals surface area contributed by atoms with Crippen LogP contribution in [0.1, 0.15) is 24.8 Å². The first-order valence-corrected chi connectivity index (χ1v) is 11.9. The molecule has 7 N–H and O–H groups in total. The smallest absolute Gasteiger partial charge is 0.320 e. The molecule has 0 aromatic heterocycles. The molecule has 10 nitrogen and oxygen atoms in total. The van der Waals surface area contributed by atoms with Gasteiger partial charge in [-0.25, -0.2) is 0 Å². The molecule has 1 amide bonds. The fraction of sp³-hybridized carbons (Fsp3) is 0.304. The number of nitrogens with two attached hydrogens (primary N) is 2. The first kappa shape index (κ1) is 29.3. The van der Waals surface area contributed by atoms with Crippen molar-refractivity contribution in [2.75, 3.05) is 6.54 Å². The average Bonchev–Trinajstić information content (AvgIpc) is 2.82. The number of guanidine groups is 1. The van der Waals surface area contributed by atoms with E-state index in [9.17, 15) is 14.4 Å². The molecule has 2 unspecified atom stereocenters. The minimum atomic E-state index is -1.24.